The molecular formula is C14H10N2O4S. The normalized spacial score (nSPS) is 10.8. The molecule has 0 saturated carbocycles. The zero-order valence-electron chi connectivity index (χ0n) is 10.8. The molecule has 2 rings (SSSR count). The van der Waals surface area contributed by atoms with Crippen LogP contribution in [0.2, 0.25) is 0 Å². The van der Waals surface area contributed by atoms with Crippen molar-refractivity contribution in [2.75, 3.05) is 0 Å². The van der Waals surface area contributed by atoms with Crippen molar-refractivity contribution in [1.29, 1.82) is 0 Å². The average Bonchev–Trinajstić information content (AvgIpc) is 2.48. The van der Waals surface area contributed by atoms with E-state index >= 15 is 0 Å². The molecule has 0 N–H and O–H groups in total. The highest BCUT2D eigenvalue weighted by molar-refractivity contribution is 7.90. The Balaban J connectivity index is 2.41. The fourth-order valence-corrected chi connectivity index (χ4v) is 3.20. The molecule has 21 heavy (non-hydrogen) atoms. The first-order valence-electron chi connectivity index (χ1n) is 5.86. The Labute approximate surface area is 121 Å². The van der Waals surface area contributed by atoms with E-state index in [1.807, 2.05) is 0 Å². The SMILES string of the molecule is [C-]#[N+]c1cc([N+](=O)[O-])ccc1CS(=O)(=O)c1ccccc1. The lowest BCUT2D eigenvalue weighted by atomic mass is 10.2. The Hall–Kier alpha value is -2.72. The summed E-state index contributed by atoms with van der Waals surface area (Å²) in [5.41, 5.74) is -0.00924. The van der Waals surface area contributed by atoms with Crippen LogP contribution in [-0.2, 0) is 15.6 Å². The number of sulfone groups is 1. The summed E-state index contributed by atoms with van der Waals surface area (Å²) in [5.74, 6) is -0.368. The lowest BCUT2D eigenvalue weighted by molar-refractivity contribution is -0.384. The van der Waals surface area contributed by atoms with E-state index < -0.39 is 14.8 Å². The van der Waals surface area contributed by atoms with Gasteiger partial charge < -0.3 is 0 Å². The molecule has 6 nitrogen and oxygen atoms in total. The van der Waals surface area contributed by atoms with Crippen LogP contribution in [0.3, 0.4) is 0 Å². The van der Waals surface area contributed by atoms with Crippen LogP contribution in [0, 0.1) is 16.7 Å². The molecule has 0 aliphatic rings. The van der Waals surface area contributed by atoms with Gasteiger partial charge in [0.25, 0.3) is 5.69 Å². The van der Waals surface area contributed by atoms with E-state index in [1.165, 1.54) is 24.3 Å². The van der Waals surface area contributed by atoms with Gasteiger partial charge in [-0.2, -0.15) is 0 Å². The maximum Gasteiger partial charge on any atom is 0.259 e. The summed E-state index contributed by atoms with van der Waals surface area (Å²) >= 11 is 0. The zero-order valence-corrected chi connectivity index (χ0v) is 11.6. The Morgan fingerprint density at radius 2 is 1.81 bits per heavy atom. The number of nitrogens with zero attached hydrogens (tertiary/aromatic N) is 2. The molecule has 0 amide bonds. The predicted octanol–water partition coefficient (Wildman–Crippen LogP) is 3.12. The molecule has 0 radical (unpaired) electrons. The van der Waals surface area contributed by atoms with Crippen molar-refractivity contribution in [2.24, 2.45) is 0 Å². The molecule has 0 spiro atoms. The van der Waals surface area contributed by atoms with Crippen LogP contribution in [0.4, 0.5) is 11.4 Å². The van der Waals surface area contributed by atoms with Gasteiger partial charge in [-0.25, -0.2) is 13.3 Å². The third-order valence-electron chi connectivity index (χ3n) is 2.85. The number of rotatable bonds is 4. The van der Waals surface area contributed by atoms with Crippen molar-refractivity contribution in [3.8, 4) is 0 Å². The lowest BCUT2D eigenvalue weighted by Gasteiger charge is -2.06. The van der Waals surface area contributed by atoms with Gasteiger partial charge >= 0.3 is 0 Å². The molecule has 0 saturated heterocycles. The Kier molecular flexibility index (Phi) is 4.00. The smallest absolute Gasteiger partial charge is 0.258 e. The third-order valence-corrected chi connectivity index (χ3v) is 4.53. The first-order valence-corrected chi connectivity index (χ1v) is 7.52. The molecule has 7 heteroatoms. The minimum absolute atomic E-state index is 0.0243. The molecule has 0 aromatic heterocycles. The van der Waals surface area contributed by atoms with Gasteiger partial charge in [-0.1, -0.05) is 24.3 Å². The summed E-state index contributed by atoms with van der Waals surface area (Å²) in [4.78, 5) is 13.4. The largest absolute Gasteiger partial charge is 0.259 e. The van der Waals surface area contributed by atoms with Crippen LogP contribution in [0.25, 0.3) is 4.85 Å². The molecule has 0 fully saturated rings. The zero-order chi connectivity index (χ0) is 15.5. The van der Waals surface area contributed by atoms with E-state index in [0.717, 1.165) is 6.07 Å². The molecule has 0 atom stereocenters. The van der Waals surface area contributed by atoms with E-state index in [1.54, 1.807) is 18.2 Å². The average molecular weight is 302 g/mol. The first-order chi connectivity index (χ1) is 9.94. The number of nitro groups is 1. The first kappa shape index (κ1) is 14.7. The van der Waals surface area contributed by atoms with Crippen molar-refractivity contribution in [3.05, 3.63) is 75.6 Å². The van der Waals surface area contributed by atoms with Crippen molar-refractivity contribution >= 4 is 21.2 Å². The van der Waals surface area contributed by atoms with Crippen LogP contribution >= 0.6 is 0 Å². The molecule has 0 heterocycles. The Bertz CT molecular complexity index is 824. The monoisotopic (exact) mass is 302 g/mol. The summed E-state index contributed by atoms with van der Waals surface area (Å²) < 4.78 is 24.5. The summed E-state index contributed by atoms with van der Waals surface area (Å²) in [5, 5.41) is 10.7. The van der Waals surface area contributed by atoms with E-state index in [0.29, 0.717) is 0 Å². The number of benzene rings is 2. The molecule has 0 unspecified atom stereocenters. The van der Waals surface area contributed by atoms with Crippen LogP contribution in [-0.4, -0.2) is 13.3 Å². The summed E-state index contributed by atoms with van der Waals surface area (Å²) in [6.07, 6.45) is 0. The second-order valence-electron chi connectivity index (χ2n) is 4.25. The van der Waals surface area contributed by atoms with E-state index in [-0.39, 0.29) is 27.6 Å². The van der Waals surface area contributed by atoms with Gasteiger partial charge in [0, 0.05) is 12.1 Å². The van der Waals surface area contributed by atoms with Gasteiger partial charge in [0.15, 0.2) is 15.5 Å². The van der Waals surface area contributed by atoms with Gasteiger partial charge in [0.1, 0.15) is 0 Å². The van der Waals surface area contributed by atoms with E-state index in [9.17, 15) is 18.5 Å². The number of non-ortho nitro benzene ring substituents is 1. The van der Waals surface area contributed by atoms with Crippen molar-refractivity contribution in [1.82, 2.24) is 0 Å². The lowest BCUT2D eigenvalue weighted by Crippen LogP contribution is -2.05. The highest BCUT2D eigenvalue weighted by Gasteiger charge is 2.19. The van der Waals surface area contributed by atoms with Crippen LogP contribution in [0.5, 0.6) is 0 Å². The van der Waals surface area contributed by atoms with Crippen molar-refractivity contribution in [3.63, 3.8) is 0 Å². The molecule has 0 bridgehead atoms. The Morgan fingerprint density at radius 3 is 2.38 bits per heavy atom. The van der Waals surface area contributed by atoms with Crippen molar-refractivity contribution in [2.45, 2.75) is 10.6 Å². The van der Waals surface area contributed by atoms with Crippen LogP contribution in [0.15, 0.2) is 53.4 Å². The van der Waals surface area contributed by atoms with Gasteiger partial charge in [-0.3, -0.25) is 10.1 Å². The highest BCUT2D eigenvalue weighted by Crippen LogP contribution is 2.28. The van der Waals surface area contributed by atoms with E-state index in [2.05, 4.69) is 4.85 Å². The van der Waals surface area contributed by atoms with E-state index in [4.69, 9.17) is 6.57 Å². The quantitative estimate of drug-likeness (QED) is 0.493. The molecule has 2 aromatic rings. The molecule has 106 valence electrons. The Morgan fingerprint density at radius 1 is 1.14 bits per heavy atom. The maximum atomic E-state index is 12.3. The third kappa shape index (κ3) is 3.24. The van der Waals surface area contributed by atoms with Gasteiger partial charge in [-0.15, -0.1) is 0 Å². The fourth-order valence-electron chi connectivity index (χ4n) is 1.81. The summed E-state index contributed by atoms with van der Waals surface area (Å²) in [6, 6.07) is 11.5. The minimum Gasteiger partial charge on any atom is -0.258 e. The second kappa shape index (κ2) is 5.73. The predicted molar refractivity (Wildman–Crippen MR) is 76.7 cm³/mol. The number of nitro benzene ring substituents is 1. The highest BCUT2D eigenvalue weighted by atomic mass is 32.2. The summed E-state index contributed by atoms with van der Waals surface area (Å²) in [7, 11) is -3.59. The standard InChI is InChI=1S/C14H10N2O4S/c1-15-14-9-12(16(17)18)8-7-11(14)10-21(19,20)13-5-3-2-4-6-13/h2-9H,10H2. The van der Waals surface area contributed by atoms with Gasteiger partial charge in [0.2, 0.25) is 0 Å². The minimum atomic E-state index is -3.59. The summed E-state index contributed by atoms with van der Waals surface area (Å²) in [6.45, 7) is 7.04. The van der Waals surface area contributed by atoms with Gasteiger partial charge in [0.05, 0.1) is 22.1 Å². The molecule has 0 aliphatic heterocycles. The fraction of sp³-hybridized carbons (Fsp3) is 0.0714. The van der Waals surface area contributed by atoms with Crippen molar-refractivity contribution < 1.29 is 13.3 Å². The maximum absolute atomic E-state index is 12.3. The topological polar surface area (TPSA) is 81.6 Å². The molecular weight excluding hydrogens is 292 g/mol. The van der Waals surface area contributed by atoms with Crippen LogP contribution < -0.4 is 0 Å². The number of hydrogen-bond acceptors (Lipinski definition) is 4. The number of hydrogen-bond donors (Lipinski definition) is 0. The van der Waals surface area contributed by atoms with Crippen LogP contribution in [0.1, 0.15) is 5.56 Å². The molecule has 0 aliphatic carbocycles. The van der Waals surface area contributed by atoms with Gasteiger partial charge in [-0.05, 0) is 17.7 Å². The molecule has 2 aromatic carbocycles. The second-order valence-corrected chi connectivity index (χ2v) is 6.24.